The average molecular weight is 170 g/mol. The first-order valence-electron chi connectivity index (χ1n) is 3.77. The number of rotatable bonds is 1. The maximum atomic E-state index is 13.8. The van der Waals surface area contributed by atoms with E-state index in [1.165, 1.54) is 13.0 Å². The van der Waals surface area contributed by atoms with Crippen LogP contribution in [-0.2, 0) is 4.79 Å². The number of carbonyl (C=O) groups is 1. The van der Waals surface area contributed by atoms with Crippen LogP contribution in [0.15, 0.2) is 23.8 Å². The second-order valence-electron chi connectivity index (χ2n) is 3.04. The van der Waals surface area contributed by atoms with Crippen LogP contribution in [0, 0.1) is 5.92 Å². The molecule has 0 saturated heterocycles. The third kappa shape index (κ3) is 1.05. The van der Waals surface area contributed by atoms with Crippen LogP contribution >= 0.6 is 0 Å². The molecule has 1 N–H and O–H groups in total. The molecule has 2 unspecified atom stereocenters. The zero-order valence-electron chi connectivity index (χ0n) is 7.04. The molecule has 0 heterocycles. The second-order valence-corrected chi connectivity index (χ2v) is 3.04. The minimum Gasteiger partial charge on any atom is -0.479 e. The van der Waals surface area contributed by atoms with Crippen LogP contribution < -0.4 is 0 Å². The Morgan fingerprint density at radius 1 is 1.75 bits per heavy atom. The smallest absolute Gasteiger partial charge is 0.346 e. The molecule has 1 rings (SSSR count). The minimum absolute atomic E-state index is 0.255. The van der Waals surface area contributed by atoms with E-state index in [2.05, 4.69) is 0 Å². The lowest BCUT2D eigenvalue weighted by Gasteiger charge is -2.28. The maximum Gasteiger partial charge on any atom is 0.346 e. The highest BCUT2D eigenvalue weighted by Gasteiger charge is 2.45. The summed E-state index contributed by atoms with van der Waals surface area (Å²) >= 11 is 0. The molecular weight excluding hydrogens is 159 g/mol. The lowest BCUT2D eigenvalue weighted by molar-refractivity contribution is -0.150. The van der Waals surface area contributed by atoms with Crippen LogP contribution in [0.1, 0.15) is 13.8 Å². The van der Waals surface area contributed by atoms with Crippen molar-refractivity contribution in [3.63, 3.8) is 0 Å². The van der Waals surface area contributed by atoms with E-state index >= 15 is 0 Å². The third-order valence-electron chi connectivity index (χ3n) is 2.26. The number of hydrogen-bond donors (Lipinski definition) is 1. The SMILES string of the molecule is CC1=CC=CC(C)C1(F)C(=O)O. The number of carboxylic acid groups (broad SMARTS) is 1. The van der Waals surface area contributed by atoms with Gasteiger partial charge in [0.2, 0.25) is 5.67 Å². The van der Waals surface area contributed by atoms with Crippen molar-refractivity contribution >= 4 is 5.97 Å². The molecular formula is C9H11FO2. The molecule has 66 valence electrons. The molecule has 0 fully saturated rings. The van der Waals surface area contributed by atoms with Gasteiger partial charge >= 0.3 is 5.97 Å². The van der Waals surface area contributed by atoms with Crippen molar-refractivity contribution in [1.29, 1.82) is 0 Å². The van der Waals surface area contributed by atoms with Crippen LogP contribution in [0.5, 0.6) is 0 Å². The predicted molar refractivity (Wildman–Crippen MR) is 43.5 cm³/mol. The zero-order valence-corrected chi connectivity index (χ0v) is 7.04. The minimum atomic E-state index is -2.21. The van der Waals surface area contributed by atoms with Crippen LogP contribution in [0.3, 0.4) is 0 Å². The Hall–Kier alpha value is -1.12. The highest BCUT2D eigenvalue weighted by Crippen LogP contribution is 2.34. The molecule has 1 aliphatic rings. The summed E-state index contributed by atoms with van der Waals surface area (Å²) in [5, 5.41) is 8.69. The lowest BCUT2D eigenvalue weighted by atomic mass is 9.81. The van der Waals surface area contributed by atoms with E-state index in [9.17, 15) is 9.18 Å². The van der Waals surface area contributed by atoms with Gasteiger partial charge in [-0.25, -0.2) is 9.18 Å². The molecule has 1 aliphatic carbocycles. The van der Waals surface area contributed by atoms with Crippen molar-refractivity contribution < 1.29 is 14.3 Å². The highest BCUT2D eigenvalue weighted by molar-refractivity contribution is 5.82. The molecule has 0 aromatic rings. The Balaban J connectivity index is 3.10. The summed E-state index contributed by atoms with van der Waals surface area (Å²) < 4.78 is 13.8. The van der Waals surface area contributed by atoms with E-state index in [-0.39, 0.29) is 5.57 Å². The monoisotopic (exact) mass is 170 g/mol. The largest absolute Gasteiger partial charge is 0.479 e. The fourth-order valence-electron chi connectivity index (χ4n) is 1.34. The Kier molecular flexibility index (Phi) is 2.04. The summed E-state index contributed by atoms with van der Waals surface area (Å²) in [5.41, 5.74) is -1.96. The van der Waals surface area contributed by atoms with Crippen molar-refractivity contribution in [3.8, 4) is 0 Å². The van der Waals surface area contributed by atoms with Gasteiger partial charge in [-0.2, -0.15) is 0 Å². The van der Waals surface area contributed by atoms with E-state index in [1.807, 2.05) is 0 Å². The van der Waals surface area contributed by atoms with E-state index in [0.717, 1.165) is 0 Å². The Morgan fingerprint density at radius 2 is 2.33 bits per heavy atom. The predicted octanol–water partition coefficient (Wildman–Crippen LogP) is 1.93. The quantitative estimate of drug-likeness (QED) is 0.652. The molecule has 0 amide bonds. The van der Waals surface area contributed by atoms with Gasteiger partial charge in [0.25, 0.3) is 0 Å². The average Bonchev–Trinajstić information content (AvgIpc) is 1.99. The third-order valence-corrected chi connectivity index (χ3v) is 2.26. The highest BCUT2D eigenvalue weighted by atomic mass is 19.1. The molecule has 0 aliphatic heterocycles. The molecule has 0 saturated carbocycles. The summed E-state index contributed by atoms with van der Waals surface area (Å²) in [4.78, 5) is 10.6. The topological polar surface area (TPSA) is 37.3 Å². The number of halogens is 1. The fourth-order valence-corrected chi connectivity index (χ4v) is 1.34. The van der Waals surface area contributed by atoms with Gasteiger partial charge < -0.3 is 5.11 Å². The molecule has 0 spiro atoms. The standard InChI is InChI=1S/C9H11FO2/c1-6-4-3-5-7(2)9(6,10)8(11)12/h3-6H,1-2H3,(H,11,12). The van der Waals surface area contributed by atoms with Gasteiger partial charge in [0.1, 0.15) is 0 Å². The van der Waals surface area contributed by atoms with Crippen LogP contribution in [0.2, 0.25) is 0 Å². The number of aliphatic carboxylic acids is 1. The summed E-state index contributed by atoms with van der Waals surface area (Å²) in [5.74, 6) is -2.01. The molecule has 0 bridgehead atoms. The molecule has 0 aromatic carbocycles. The second kappa shape index (κ2) is 2.73. The first-order valence-corrected chi connectivity index (χ1v) is 3.77. The van der Waals surface area contributed by atoms with Crippen LogP contribution in [-0.4, -0.2) is 16.7 Å². The maximum absolute atomic E-state index is 13.8. The number of alkyl halides is 1. The molecule has 0 radical (unpaired) electrons. The van der Waals surface area contributed by atoms with E-state index < -0.39 is 17.6 Å². The van der Waals surface area contributed by atoms with Crippen molar-refractivity contribution in [2.24, 2.45) is 5.92 Å². The van der Waals surface area contributed by atoms with Gasteiger partial charge in [-0.15, -0.1) is 0 Å². The van der Waals surface area contributed by atoms with Gasteiger partial charge in [-0.1, -0.05) is 25.2 Å². The van der Waals surface area contributed by atoms with Crippen molar-refractivity contribution in [2.75, 3.05) is 0 Å². The van der Waals surface area contributed by atoms with E-state index in [0.29, 0.717) is 0 Å². The van der Waals surface area contributed by atoms with Gasteiger partial charge in [-0.3, -0.25) is 0 Å². The first kappa shape index (κ1) is 8.97. The Morgan fingerprint density at radius 3 is 2.67 bits per heavy atom. The van der Waals surface area contributed by atoms with E-state index in [1.54, 1.807) is 19.1 Å². The van der Waals surface area contributed by atoms with Crippen LogP contribution in [0.4, 0.5) is 4.39 Å². The molecule has 2 atom stereocenters. The Bertz CT molecular complexity index is 268. The van der Waals surface area contributed by atoms with Crippen LogP contribution in [0.25, 0.3) is 0 Å². The first-order chi connectivity index (χ1) is 5.49. The van der Waals surface area contributed by atoms with E-state index in [4.69, 9.17) is 5.11 Å². The summed E-state index contributed by atoms with van der Waals surface area (Å²) in [6, 6.07) is 0. The fraction of sp³-hybridized carbons (Fsp3) is 0.444. The Labute approximate surface area is 70.4 Å². The number of hydrogen-bond acceptors (Lipinski definition) is 1. The molecule has 0 aromatic heterocycles. The van der Waals surface area contributed by atoms with Crippen molar-refractivity contribution in [1.82, 2.24) is 0 Å². The summed E-state index contributed by atoms with van der Waals surface area (Å²) in [7, 11) is 0. The summed E-state index contributed by atoms with van der Waals surface area (Å²) in [6.07, 6.45) is 4.73. The van der Waals surface area contributed by atoms with Gasteiger partial charge in [-0.05, 0) is 12.5 Å². The normalized spacial score (nSPS) is 34.6. The molecule has 12 heavy (non-hydrogen) atoms. The van der Waals surface area contributed by atoms with Crippen molar-refractivity contribution in [2.45, 2.75) is 19.5 Å². The molecule has 2 nitrogen and oxygen atoms in total. The van der Waals surface area contributed by atoms with Crippen molar-refractivity contribution in [3.05, 3.63) is 23.8 Å². The number of carboxylic acids is 1. The summed E-state index contributed by atoms with van der Waals surface area (Å²) in [6.45, 7) is 3.05. The van der Waals surface area contributed by atoms with Gasteiger partial charge in [0.05, 0.1) is 0 Å². The lowest BCUT2D eigenvalue weighted by Crippen LogP contribution is -2.41. The number of allylic oxidation sites excluding steroid dienone is 3. The van der Waals surface area contributed by atoms with Gasteiger partial charge in [0.15, 0.2) is 0 Å². The van der Waals surface area contributed by atoms with Gasteiger partial charge in [0, 0.05) is 5.92 Å². The molecule has 3 heteroatoms. The zero-order chi connectivity index (χ0) is 9.35.